The fraction of sp³-hybridized carbons (Fsp3) is 0.333. The summed E-state index contributed by atoms with van der Waals surface area (Å²) in [4.78, 5) is 13.1. The average molecular weight is 320 g/mol. The van der Waals surface area contributed by atoms with Crippen LogP contribution in [0.2, 0.25) is 0 Å². The molecule has 0 spiro atoms. The molecule has 0 bridgehead atoms. The lowest BCUT2D eigenvalue weighted by atomic mass is 10.4. The van der Waals surface area contributed by atoms with E-state index in [-0.39, 0.29) is 0 Å². The van der Waals surface area contributed by atoms with Crippen LogP contribution in [0.15, 0.2) is 29.8 Å². The molecule has 108 valence electrons. The van der Waals surface area contributed by atoms with Crippen LogP contribution in [0.25, 0.3) is 0 Å². The van der Waals surface area contributed by atoms with Crippen LogP contribution in [0, 0.1) is 10.1 Å². The quantitative estimate of drug-likeness (QED) is 0.446. The molecular formula is C9H10ClN5O4S. The standard InChI is InChI=1S/C9H10ClN5O4S/c10-20(18,19)8-6-14(12-9(8)15(16)17)4-1-3-13-5-2-11-7-13/h2,5-7H,1,3-4H2. The summed E-state index contributed by atoms with van der Waals surface area (Å²) in [5, 5.41) is 14.4. The normalized spacial score (nSPS) is 11.7. The van der Waals surface area contributed by atoms with Gasteiger partial charge < -0.3 is 14.7 Å². The lowest BCUT2D eigenvalue weighted by molar-refractivity contribution is -0.392. The number of nitro groups is 1. The molecule has 11 heteroatoms. The maximum atomic E-state index is 11.2. The third-order valence-electron chi connectivity index (χ3n) is 2.51. The summed E-state index contributed by atoms with van der Waals surface area (Å²) >= 11 is 0. The topological polar surface area (TPSA) is 113 Å². The molecule has 0 saturated heterocycles. The van der Waals surface area contributed by atoms with Crippen molar-refractivity contribution in [2.24, 2.45) is 0 Å². The Hall–Kier alpha value is -1.94. The van der Waals surface area contributed by atoms with Crippen molar-refractivity contribution >= 4 is 25.6 Å². The van der Waals surface area contributed by atoms with Crippen LogP contribution in [0.4, 0.5) is 5.82 Å². The van der Waals surface area contributed by atoms with Crippen molar-refractivity contribution in [2.75, 3.05) is 0 Å². The predicted octanol–water partition coefficient (Wildman–Crippen LogP) is 1.01. The number of rotatable bonds is 6. The van der Waals surface area contributed by atoms with Gasteiger partial charge >= 0.3 is 5.82 Å². The molecule has 0 aliphatic heterocycles. The zero-order chi connectivity index (χ0) is 14.8. The highest BCUT2D eigenvalue weighted by Crippen LogP contribution is 2.24. The van der Waals surface area contributed by atoms with Gasteiger partial charge in [-0.15, -0.1) is 0 Å². The molecule has 20 heavy (non-hydrogen) atoms. The maximum Gasteiger partial charge on any atom is 0.410 e. The Morgan fingerprint density at radius 3 is 2.65 bits per heavy atom. The predicted molar refractivity (Wildman–Crippen MR) is 68.8 cm³/mol. The van der Waals surface area contributed by atoms with Crippen molar-refractivity contribution in [3.63, 3.8) is 0 Å². The highest BCUT2D eigenvalue weighted by molar-refractivity contribution is 8.13. The Morgan fingerprint density at radius 2 is 2.15 bits per heavy atom. The fourth-order valence-electron chi connectivity index (χ4n) is 1.64. The van der Waals surface area contributed by atoms with E-state index in [0.29, 0.717) is 19.5 Å². The molecule has 2 heterocycles. The molecule has 0 aliphatic carbocycles. The highest BCUT2D eigenvalue weighted by Gasteiger charge is 2.29. The molecule has 0 unspecified atom stereocenters. The van der Waals surface area contributed by atoms with Gasteiger partial charge in [-0.05, 0) is 11.3 Å². The Balaban J connectivity index is 2.11. The molecule has 0 radical (unpaired) electrons. The van der Waals surface area contributed by atoms with E-state index in [1.165, 1.54) is 4.68 Å². The summed E-state index contributed by atoms with van der Waals surface area (Å²) in [5.41, 5.74) is 0. The lowest BCUT2D eigenvalue weighted by Crippen LogP contribution is -2.03. The third kappa shape index (κ3) is 3.33. The van der Waals surface area contributed by atoms with Crippen molar-refractivity contribution < 1.29 is 13.3 Å². The van der Waals surface area contributed by atoms with E-state index < -0.39 is 24.7 Å². The molecule has 0 N–H and O–H groups in total. The lowest BCUT2D eigenvalue weighted by Gasteiger charge is -1.99. The van der Waals surface area contributed by atoms with Crippen molar-refractivity contribution in [3.8, 4) is 0 Å². The summed E-state index contributed by atoms with van der Waals surface area (Å²) < 4.78 is 25.5. The van der Waals surface area contributed by atoms with Crippen LogP contribution in [0.3, 0.4) is 0 Å². The van der Waals surface area contributed by atoms with Crippen LogP contribution in [-0.2, 0) is 22.1 Å². The summed E-state index contributed by atoms with van der Waals surface area (Å²) in [5.74, 6) is -0.761. The van der Waals surface area contributed by atoms with Crippen molar-refractivity contribution in [3.05, 3.63) is 35.0 Å². The molecule has 0 amide bonds. The molecule has 0 atom stereocenters. The molecule has 0 saturated carbocycles. The zero-order valence-corrected chi connectivity index (χ0v) is 11.7. The van der Waals surface area contributed by atoms with Gasteiger partial charge in [0, 0.05) is 29.6 Å². The van der Waals surface area contributed by atoms with E-state index in [2.05, 4.69) is 10.1 Å². The fourth-order valence-corrected chi connectivity index (χ4v) is 2.55. The van der Waals surface area contributed by atoms with Crippen LogP contribution >= 0.6 is 10.7 Å². The summed E-state index contributed by atoms with van der Waals surface area (Å²) in [6.07, 6.45) is 6.72. The first-order valence-corrected chi connectivity index (χ1v) is 7.81. The van der Waals surface area contributed by atoms with Crippen LogP contribution < -0.4 is 0 Å². The van der Waals surface area contributed by atoms with Gasteiger partial charge in [-0.3, -0.25) is 0 Å². The number of hydrogen-bond acceptors (Lipinski definition) is 6. The van der Waals surface area contributed by atoms with Gasteiger partial charge in [-0.2, -0.15) is 4.68 Å². The smallest absolute Gasteiger partial charge is 0.358 e. The Bertz CT molecular complexity index is 709. The number of nitrogens with zero attached hydrogens (tertiary/aromatic N) is 5. The second-order valence-corrected chi connectivity index (χ2v) is 6.46. The Morgan fingerprint density at radius 1 is 1.40 bits per heavy atom. The van der Waals surface area contributed by atoms with Crippen LogP contribution in [0.1, 0.15) is 6.42 Å². The van der Waals surface area contributed by atoms with Crippen LogP contribution in [-0.4, -0.2) is 32.7 Å². The minimum Gasteiger partial charge on any atom is -0.358 e. The molecule has 9 nitrogen and oxygen atoms in total. The van der Waals surface area contributed by atoms with E-state index in [1.54, 1.807) is 18.7 Å². The first-order valence-electron chi connectivity index (χ1n) is 5.50. The minimum atomic E-state index is -4.19. The van der Waals surface area contributed by atoms with Gasteiger partial charge in [-0.25, -0.2) is 13.4 Å². The summed E-state index contributed by atoms with van der Waals surface area (Å²) in [6.45, 7) is 0.960. The number of halogens is 1. The minimum absolute atomic E-state index is 0.325. The van der Waals surface area contributed by atoms with E-state index in [0.717, 1.165) is 6.20 Å². The molecule has 2 rings (SSSR count). The summed E-state index contributed by atoms with van der Waals surface area (Å²) in [6, 6.07) is 0. The number of imidazole rings is 1. The van der Waals surface area contributed by atoms with Crippen molar-refractivity contribution in [2.45, 2.75) is 24.4 Å². The first-order chi connectivity index (χ1) is 9.38. The second-order valence-electron chi connectivity index (χ2n) is 3.93. The van der Waals surface area contributed by atoms with Gasteiger partial charge in [-0.1, -0.05) is 0 Å². The van der Waals surface area contributed by atoms with E-state index in [9.17, 15) is 18.5 Å². The van der Waals surface area contributed by atoms with Crippen molar-refractivity contribution in [1.29, 1.82) is 0 Å². The average Bonchev–Trinajstić information content (AvgIpc) is 2.96. The van der Waals surface area contributed by atoms with Gasteiger partial charge in [0.1, 0.15) is 0 Å². The Kier molecular flexibility index (Phi) is 4.04. The maximum absolute atomic E-state index is 11.2. The SMILES string of the molecule is O=[N+]([O-])c1nn(CCCn2ccnc2)cc1S(=O)(=O)Cl. The third-order valence-corrected chi connectivity index (χ3v) is 3.82. The molecule has 2 aromatic rings. The van der Waals surface area contributed by atoms with E-state index in [4.69, 9.17) is 10.7 Å². The molecule has 2 aromatic heterocycles. The number of aryl methyl sites for hydroxylation is 2. The molecular weight excluding hydrogens is 310 g/mol. The van der Waals surface area contributed by atoms with E-state index >= 15 is 0 Å². The van der Waals surface area contributed by atoms with Gasteiger partial charge in [0.25, 0.3) is 9.05 Å². The Labute approximate surface area is 118 Å². The van der Waals surface area contributed by atoms with Gasteiger partial charge in [0.15, 0.2) is 0 Å². The van der Waals surface area contributed by atoms with Gasteiger partial charge in [0.2, 0.25) is 4.90 Å². The second kappa shape index (κ2) is 5.59. The summed E-state index contributed by atoms with van der Waals surface area (Å²) in [7, 11) is 0.945. The molecule has 0 aliphatic rings. The molecule has 0 fully saturated rings. The first kappa shape index (κ1) is 14.5. The van der Waals surface area contributed by atoms with E-state index in [1.807, 2.05) is 4.57 Å². The monoisotopic (exact) mass is 319 g/mol. The van der Waals surface area contributed by atoms with Crippen molar-refractivity contribution in [1.82, 2.24) is 19.3 Å². The number of hydrogen-bond donors (Lipinski definition) is 0. The highest BCUT2D eigenvalue weighted by atomic mass is 35.7. The molecule has 0 aromatic carbocycles. The largest absolute Gasteiger partial charge is 0.410 e. The van der Waals surface area contributed by atoms with Crippen LogP contribution in [0.5, 0.6) is 0 Å². The number of aromatic nitrogens is 4. The zero-order valence-electron chi connectivity index (χ0n) is 10.1. The van der Waals surface area contributed by atoms with Gasteiger partial charge in [0.05, 0.1) is 24.2 Å².